The van der Waals surface area contributed by atoms with Crippen molar-refractivity contribution in [2.24, 2.45) is 5.92 Å². The minimum atomic E-state index is 0.644. The molecule has 0 atom stereocenters. The van der Waals surface area contributed by atoms with Gasteiger partial charge in [-0.1, -0.05) is 25.1 Å². The highest BCUT2D eigenvalue weighted by Crippen LogP contribution is 2.21. The van der Waals surface area contributed by atoms with Crippen molar-refractivity contribution >= 4 is 0 Å². The summed E-state index contributed by atoms with van der Waals surface area (Å²) in [5.74, 6) is 1.67. The van der Waals surface area contributed by atoms with Gasteiger partial charge in [-0.15, -0.1) is 0 Å². The molecule has 2 rings (SSSR count). The van der Waals surface area contributed by atoms with E-state index in [1.165, 1.54) is 5.56 Å². The standard InChI is InChI=1S/C16H25NO2/c1-2-9-17-12-15-5-3-4-6-16(15)19-13-14-7-10-18-11-8-14/h3-6,14,17H,2,7-13H2,1H3. The molecular weight excluding hydrogens is 238 g/mol. The molecule has 3 nitrogen and oxygen atoms in total. The predicted molar refractivity (Wildman–Crippen MR) is 77.5 cm³/mol. The molecule has 1 saturated heterocycles. The van der Waals surface area contributed by atoms with Crippen LogP contribution < -0.4 is 10.1 Å². The fourth-order valence-electron chi connectivity index (χ4n) is 2.31. The normalized spacial score (nSPS) is 16.5. The molecule has 1 aromatic carbocycles. The zero-order valence-electron chi connectivity index (χ0n) is 11.9. The highest BCUT2D eigenvalue weighted by Gasteiger charge is 2.15. The van der Waals surface area contributed by atoms with E-state index in [1.54, 1.807) is 0 Å². The van der Waals surface area contributed by atoms with Gasteiger partial charge in [-0.05, 0) is 37.8 Å². The van der Waals surface area contributed by atoms with Gasteiger partial charge in [0, 0.05) is 25.3 Å². The van der Waals surface area contributed by atoms with Gasteiger partial charge in [0.15, 0.2) is 0 Å². The van der Waals surface area contributed by atoms with E-state index >= 15 is 0 Å². The maximum atomic E-state index is 6.01. The quantitative estimate of drug-likeness (QED) is 0.767. The van der Waals surface area contributed by atoms with E-state index in [1.807, 2.05) is 6.07 Å². The Bertz CT molecular complexity index is 362. The number of nitrogens with one attached hydrogen (secondary N) is 1. The first-order valence-electron chi connectivity index (χ1n) is 7.39. The van der Waals surface area contributed by atoms with Crippen molar-refractivity contribution in [3.63, 3.8) is 0 Å². The number of para-hydroxylation sites is 1. The number of hydrogen-bond donors (Lipinski definition) is 1. The first-order chi connectivity index (χ1) is 9.40. The molecule has 3 heteroatoms. The summed E-state index contributed by atoms with van der Waals surface area (Å²) in [7, 11) is 0. The second-order valence-corrected chi connectivity index (χ2v) is 5.15. The summed E-state index contributed by atoms with van der Waals surface area (Å²) in [6.07, 6.45) is 3.40. The van der Waals surface area contributed by atoms with Gasteiger partial charge in [0.1, 0.15) is 5.75 Å². The second-order valence-electron chi connectivity index (χ2n) is 5.15. The lowest BCUT2D eigenvalue weighted by Crippen LogP contribution is -2.22. The molecule has 0 aromatic heterocycles. The Morgan fingerprint density at radius 3 is 2.84 bits per heavy atom. The highest BCUT2D eigenvalue weighted by molar-refractivity contribution is 5.33. The average Bonchev–Trinajstić information content (AvgIpc) is 2.48. The Morgan fingerprint density at radius 1 is 1.26 bits per heavy atom. The topological polar surface area (TPSA) is 30.5 Å². The van der Waals surface area contributed by atoms with Crippen LogP contribution in [0.2, 0.25) is 0 Å². The van der Waals surface area contributed by atoms with Crippen LogP contribution >= 0.6 is 0 Å². The maximum Gasteiger partial charge on any atom is 0.123 e. The Labute approximate surface area is 116 Å². The van der Waals surface area contributed by atoms with Crippen molar-refractivity contribution < 1.29 is 9.47 Å². The minimum Gasteiger partial charge on any atom is -0.493 e. The van der Waals surface area contributed by atoms with Crippen molar-refractivity contribution in [2.75, 3.05) is 26.4 Å². The summed E-state index contributed by atoms with van der Waals surface area (Å²) in [5, 5.41) is 3.43. The first kappa shape index (κ1) is 14.4. The molecule has 0 bridgehead atoms. The molecule has 106 valence electrons. The van der Waals surface area contributed by atoms with Crippen molar-refractivity contribution in [1.82, 2.24) is 5.32 Å². The summed E-state index contributed by atoms with van der Waals surface area (Å²) in [6, 6.07) is 8.33. The maximum absolute atomic E-state index is 6.01. The van der Waals surface area contributed by atoms with Crippen molar-refractivity contribution in [1.29, 1.82) is 0 Å². The molecule has 0 spiro atoms. The second kappa shape index (κ2) is 8.18. The summed E-state index contributed by atoms with van der Waals surface area (Å²) in [6.45, 7) is 6.70. The average molecular weight is 263 g/mol. The zero-order valence-corrected chi connectivity index (χ0v) is 11.9. The molecule has 0 unspecified atom stereocenters. The molecule has 1 aromatic rings. The Hall–Kier alpha value is -1.06. The van der Waals surface area contributed by atoms with Crippen LogP contribution in [0.5, 0.6) is 5.75 Å². The lowest BCUT2D eigenvalue weighted by Gasteiger charge is -2.22. The third kappa shape index (κ3) is 4.84. The molecule has 1 N–H and O–H groups in total. The van der Waals surface area contributed by atoms with Gasteiger partial charge in [-0.2, -0.15) is 0 Å². The fourth-order valence-corrected chi connectivity index (χ4v) is 2.31. The molecular formula is C16H25NO2. The van der Waals surface area contributed by atoms with E-state index in [0.717, 1.165) is 57.9 Å². The van der Waals surface area contributed by atoms with Crippen molar-refractivity contribution in [2.45, 2.75) is 32.7 Å². The third-order valence-corrected chi connectivity index (χ3v) is 3.53. The largest absolute Gasteiger partial charge is 0.493 e. The van der Waals surface area contributed by atoms with Crippen LogP contribution in [0, 0.1) is 5.92 Å². The van der Waals surface area contributed by atoms with E-state index < -0.39 is 0 Å². The van der Waals surface area contributed by atoms with E-state index in [4.69, 9.17) is 9.47 Å². The summed E-state index contributed by atoms with van der Waals surface area (Å²) in [4.78, 5) is 0. The summed E-state index contributed by atoms with van der Waals surface area (Å²) in [5.41, 5.74) is 1.25. The number of hydrogen-bond acceptors (Lipinski definition) is 3. The van der Waals surface area contributed by atoms with Crippen LogP contribution in [0.25, 0.3) is 0 Å². The van der Waals surface area contributed by atoms with Gasteiger partial charge in [0.25, 0.3) is 0 Å². The molecule has 1 heterocycles. The van der Waals surface area contributed by atoms with Crippen LogP contribution in [-0.4, -0.2) is 26.4 Å². The fraction of sp³-hybridized carbons (Fsp3) is 0.625. The van der Waals surface area contributed by atoms with Gasteiger partial charge in [-0.25, -0.2) is 0 Å². The van der Waals surface area contributed by atoms with Crippen molar-refractivity contribution in [3.8, 4) is 5.75 Å². The molecule has 1 aliphatic heterocycles. The van der Waals surface area contributed by atoms with E-state index in [0.29, 0.717) is 5.92 Å². The Morgan fingerprint density at radius 2 is 2.05 bits per heavy atom. The van der Waals surface area contributed by atoms with E-state index in [9.17, 15) is 0 Å². The molecule has 0 radical (unpaired) electrons. The van der Waals surface area contributed by atoms with Crippen molar-refractivity contribution in [3.05, 3.63) is 29.8 Å². The Balaban J connectivity index is 1.84. The van der Waals surface area contributed by atoms with E-state index in [-0.39, 0.29) is 0 Å². The molecule has 19 heavy (non-hydrogen) atoms. The molecule has 1 fully saturated rings. The van der Waals surface area contributed by atoms with Crippen LogP contribution in [0.4, 0.5) is 0 Å². The summed E-state index contributed by atoms with van der Waals surface area (Å²) >= 11 is 0. The van der Waals surface area contributed by atoms with Gasteiger partial charge < -0.3 is 14.8 Å². The Kier molecular flexibility index (Phi) is 6.18. The minimum absolute atomic E-state index is 0.644. The number of rotatable bonds is 7. The van der Waals surface area contributed by atoms with Gasteiger partial charge >= 0.3 is 0 Å². The van der Waals surface area contributed by atoms with Gasteiger partial charge in [-0.3, -0.25) is 0 Å². The van der Waals surface area contributed by atoms with Crippen LogP contribution in [-0.2, 0) is 11.3 Å². The SMILES string of the molecule is CCCNCc1ccccc1OCC1CCOCC1. The van der Waals surface area contributed by atoms with Gasteiger partial charge in [0.05, 0.1) is 6.61 Å². The monoisotopic (exact) mass is 263 g/mol. The zero-order chi connectivity index (χ0) is 13.3. The van der Waals surface area contributed by atoms with Crippen LogP contribution in [0.15, 0.2) is 24.3 Å². The highest BCUT2D eigenvalue weighted by atomic mass is 16.5. The van der Waals surface area contributed by atoms with Crippen LogP contribution in [0.3, 0.4) is 0 Å². The predicted octanol–water partition coefficient (Wildman–Crippen LogP) is 2.99. The number of benzene rings is 1. The third-order valence-electron chi connectivity index (χ3n) is 3.53. The molecule has 0 amide bonds. The van der Waals surface area contributed by atoms with E-state index in [2.05, 4.69) is 30.4 Å². The molecule has 0 saturated carbocycles. The molecule has 0 aliphatic carbocycles. The summed E-state index contributed by atoms with van der Waals surface area (Å²) < 4.78 is 11.4. The van der Waals surface area contributed by atoms with Gasteiger partial charge in [0.2, 0.25) is 0 Å². The lowest BCUT2D eigenvalue weighted by molar-refractivity contribution is 0.0496. The smallest absolute Gasteiger partial charge is 0.123 e. The molecule has 1 aliphatic rings. The first-order valence-corrected chi connectivity index (χ1v) is 7.39. The number of ether oxygens (including phenoxy) is 2. The lowest BCUT2D eigenvalue weighted by atomic mass is 10.0. The van der Waals surface area contributed by atoms with Crippen LogP contribution in [0.1, 0.15) is 31.7 Å².